The van der Waals surface area contributed by atoms with Crippen molar-refractivity contribution >= 4 is 38.7 Å². The summed E-state index contributed by atoms with van der Waals surface area (Å²) in [5.41, 5.74) is 6.95. The summed E-state index contributed by atoms with van der Waals surface area (Å²) in [4.78, 5) is 21.4. The molecular formula is C36H69BN7O5P. The quantitative estimate of drug-likeness (QED) is 0.0484. The maximum atomic E-state index is 11.1. The fourth-order valence-corrected chi connectivity index (χ4v) is 9.50. The Morgan fingerprint density at radius 1 is 1.08 bits per heavy atom. The number of aromatic nitrogens is 2. The van der Waals surface area contributed by atoms with E-state index in [0.29, 0.717) is 71.4 Å². The van der Waals surface area contributed by atoms with Crippen LogP contribution in [0.3, 0.4) is 0 Å². The molecule has 1 aromatic rings. The molecule has 11 unspecified atom stereocenters. The molecule has 2 saturated heterocycles. The number of hydrogen-bond donors (Lipinski definition) is 6. The van der Waals surface area contributed by atoms with Crippen molar-refractivity contribution in [1.82, 2.24) is 15.3 Å². The fourth-order valence-electron chi connectivity index (χ4n) is 8.16. The van der Waals surface area contributed by atoms with Crippen LogP contribution in [0.4, 0.5) is 23.3 Å². The van der Waals surface area contributed by atoms with E-state index in [0.717, 1.165) is 38.8 Å². The molecule has 0 radical (unpaired) electrons. The van der Waals surface area contributed by atoms with Gasteiger partial charge in [-0.3, -0.25) is 0 Å². The molecule has 4 rings (SSSR count). The number of nitrogens with two attached hydrogens (primary N) is 1. The van der Waals surface area contributed by atoms with Gasteiger partial charge in [-0.25, -0.2) is 0 Å². The van der Waals surface area contributed by atoms with Gasteiger partial charge >= 0.3 is 151 Å². The number of hydrogen-bond acceptors (Lipinski definition) is 12. The first-order valence-electron chi connectivity index (χ1n) is 19.2. The van der Waals surface area contributed by atoms with E-state index in [2.05, 4.69) is 95.9 Å². The zero-order valence-corrected chi connectivity index (χ0v) is 33.5. The molecule has 0 saturated carbocycles. The molecule has 0 spiro atoms. The molecule has 12 nitrogen and oxygen atoms in total. The van der Waals surface area contributed by atoms with Crippen molar-refractivity contribution < 1.29 is 23.8 Å². The van der Waals surface area contributed by atoms with Crippen molar-refractivity contribution in [3.8, 4) is 0 Å². The number of nitrogen functional groups attached to an aromatic ring is 1. The first-order valence-corrected chi connectivity index (χ1v) is 21.5. The first kappa shape index (κ1) is 41.0. The standard InChI is InChI=1S/C36H69BN7O5P/c1-11-21(3)23(5)25(7)27(9)36(10,26(8)24(6)22(4)12-2)41-18-16-14-13-15-17-39-35-42-32(38)29-33(43-35)44(20-40-29)34-30(45)31-28(48-34)19-47-50(37,46)49-31/h12,21-28,30-31,34,40-41,45-46,50H,2,11,13-20,37H2,1,3-10H3,(H3,38,39,42,43)/t21?,22?,23?,24?,25?,26?,27?,28?,30?,31-,34?,36?/m1/s1. The van der Waals surface area contributed by atoms with Gasteiger partial charge in [-0.1, -0.05) is 74.3 Å². The van der Waals surface area contributed by atoms with Gasteiger partial charge in [0.1, 0.15) is 0 Å². The number of allylic oxidation sites excluding steroid dienone is 1. The van der Waals surface area contributed by atoms with E-state index in [-0.39, 0.29) is 12.1 Å². The fraction of sp³-hybridized carbons (Fsp3) is 0.833. The Kier molecular flexibility index (Phi) is 14.3. The second-order valence-electron chi connectivity index (χ2n) is 16.0. The summed E-state index contributed by atoms with van der Waals surface area (Å²) in [6.45, 7) is 28.0. The van der Waals surface area contributed by atoms with Gasteiger partial charge < -0.3 is 5.32 Å². The second kappa shape index (κ2) is 17.4. The van der Waals surface area contributed by atoms with E-state index in [1.54, 1.807) is 7.57 Å². The van der Waals surface area contributed by atoms with Gasteiger partial charge in [-0.2, -0.15) is 0 Å². The van der Waals surface area contributed by atoms with Crippen molar-refractivity contribution in [2.45, 2.75) is 124 Å². The number of unbranched alkanes of at least 4 members (excludes halogenated alkanes) is 3. The summed E-state index contributed by atoms with van der Waals surface area (Å²) >= 11 is 0. The average Bonchev–Trinajstić information content (AvgIpc) is 3.66. The van der Waals surface area contributed by atoms with Crippen LogP contribution < -0.4 is 26.6 Å². The molecule has 50 heavy (non-hydrogen) atoms. The Bertz CT molecular complexity index is 1270. The maximum absolute atomic E-state index is 11.1. The summed E-state index contributed by atoms with van der Waals surface area (Å²) in [5.74, 6) is 5.37. The molecule has 3 aliphatic rings. The molecule has 0 aliphatic carbocycles. The van der Waals surface area contributed by atoms with Crippen LogP contribution in [0.1, 0.15) is 94.4 Å². The third-order valence-corrected chi connectivity index (χ3v) is 14.4. The molecule has 12 atom stereocenters. The zero-order valence-electron chi connectivity index (χ0n) is 32.5. The number of fused-ring (bicyclic) bond motifs is 2. The summed E-state index contributed by atoms with van der Waals surface area (Å²) in [6.07, 6.45) is 4.80. The minimum atomic E-state index is -3.28. The predicted octanol–water partition coefficient (Wildman–Crippen LogP) is 5.15. The molecular weight excluding hydrogens is 652 g/mol. The van der Waals surface area contributed by atoms with E-state index in [1.165, 1.54) is 6.42 Å². The van der Waals surface area contributed by atoms with E-state index < -0.39 is 32.4 Å². The Morgan fingerprint density at radius 3 is 2.40 bits per heavy atom. The van der Waals surface area contributed by atoms with E-state index in [9.17, 15) is 10.00 Å². The van der Waals surface area contributed by atoms with Crippen LogP contribution in [0.25, 0.3) is 0 Å². The van der Waals surface area contributed by atoms with Gasteiger partial charge in [0.05, 0.1) is 0 Å². The SMILES string of the molecule is B[PH]1(O)OCC2OC(N3CNc4c(N)nc(NCCCCCCNC(C)(C(C)C(C)C(C)C=C)C(C)C(C)C(C)C(C)CC)nc43)C(O)[C@@H]2O1. The van der Waals surface area contributed by atoms with Gasteiger partial charge in [0.15, 0.2) is 0 Å². The number of aliphatic hydroxyl groups excluding tert-OH is 1. The van der Waals surface area contributed by atoms with Crippen LogP contribution in [0.2, 0.25) is 0 Å². The molecule has 0 bridgehead atoms. The van der Waals surface area contributed by atoms with E-state index >= 15 is 0 Å². The second-order valence-corrected chi connectivity index (χ2v) is 18.3. The first-order chi connectivity index (χ1) is 23.6. The summed E-state index contributed by atoms with van der Waals surface area (Å²) in [5, 5.41) is 21.7. The van der Waals surface area contributed by atoms with Gasteiger partial charge in [-0.15, -0.1) is 6.58 Å². The Balaban J connectivity index is 1.27. The molecule has 14 heteroatoms. The Morgan fingerprint density at radius 2 is 1.74 bits per heavy atom. The molecule has 3 aliphatic heterocycles. The zero-order chi connectivity index (χ0) is 37.0. The Hall–Kier alpha value is -1.73. The van der Waals surface area contributed by atoms with Crippen molar-refractivity contribution in [3.63, 3.8) is 0 Å². The van der Waals surface area contributed by atoms with Crippen molar-refractivity contribution in [2.75, 3.05) is 47.6 Å². The summed E-state index contributed by atoms with van der Waals surface area (Å²) < 4.78 is 17.3. The van der Waals surface area contributed by atoms with Crippen molar-refractivity contribution in [3.05, 3.63) is 12.7 Å². The molecule has 0 aromatic carbocycles. The minimum absolute atomic E-state index is 0.0203. The molecule has 7 N–H and O–H groups in total. The number of anilines is 4. The number of rotatable bonds is 19. The monoisotopic (exact) mass is 722 g/mol. The third kappa shape index (κ3) is 9.07. The average molecular weight is 722 g/mol. The van der Waals surface area contributed by atoms with Gasteiger partial charge in [0, 0.05) is 5.54 Å². The van der Waals surface area contributed by atoms with Crippen LogP contribution >= 0.6 is 7.82 Å². The predicted molar refractivity (Wildman–Crippen MR) is 210 cm³/mol. The van der Waals surface area contributed by atoms with E-state index in [1.807, 2.05) is 4.90 Å². The topological polar surface area (TPSA) is 159 Å². The summed E-state index contributed by atoms with van der Waals surface area (Å²) in [7, 11) is -1.74. The van der Waals surface area contributed by atoms with Crippen LogP contribution in [0.5, 0.6) is 0 Å². The molecule has 4 heterocycles. The summed E-state index contributed by atoms with van der Waals surface area (Å²) in [6, 6.07) is 0. The van der Waals surface area contributed by atoms with E-state index in [4.69, 9.17) is 24.5 Å². The van der Waals surface area contributed by atoms with Crippen molar-refractivity contribution in [1.29, 1.82) is 0 Å². The number of nitrogens with zero attached hydrogens (tertiary/aromatic N) is 3. The van der Waals surface area contributed by atoms with Crippen LogP contribution in [-0.2, 0) is 13.8 Å². The number of ether oxygens (including phenoxy) is 1. The number of aliphatic hydroxyl groups is 1. The van der Waals surface area contributed by atoms with Gasteiger partial charge in [0.25, 0.3) is 0 Å². The van der Waals surface area contributed by atoms with Crippen molar-refractivity contribution in [2.24, 2.45) is 41.4 Å². The molecule has 286 valence electrons. The molecule has 0 amide bonds. The normalized spacial score (nSPS) is 28.9. The third-order valence-electron chi connectivity index (χ3n) is 13.0. The Labute approximate surface area is 303 Å². The van der Waals surface area contributed by atoms with Crippen LogP contribution in [0, 0.1) is 41.4 Å². The molecule has 2 fully saturated rings. The number of nitrogens with one attached hydrogen (secondary N) is 3. The van der Waals surface area contributed by atoms with Crippen LogP contribution in [-0.4, -0.2) is 84.0 Å². The van der Waals surface area contributed by atoms with Gasteiger partial charge in [-0.05, 0) is 61.3 Å². The molecule has 1 aromatic heterocycles. The van der Waals surface area contributed by atoms with Crippen LogP contribution in [0.15, 0.2) is 12.7 Å². The van der Waals surface area contributed by atoms with Gasteiger partial charge in [0.2, 0.25) is 0 Å².